The number of thiazole rings is 1. The number of carbonyl (C=O) groups is 1. The Morgan fingerprint density at radius 3 is 2.79 bits per heavy atom. The highest BCUT2D eigenvalue weighted by Crippen LogP contribution is 2.39. The van der Waals surface area contributed by atoms with Crippen LogP contribution in [0.5, 0.6) is 0 Å². The number of rotatable bonds is 6. The molecule has 3 rings (SSSR count). The monoisotopic (exact) mass is 377 g/mol. The minimum Gasteiger partial charge on any atom is -0.388 e. The molecule has 1 saturated heterocycles. The van der Waals surface area contributed by atoms with Crippen LogP contribution in [0.2, 0.25) is 0 Å². The second-order valence-corrected chi connectivity index (χ2v) is 7.46. The van der Waals surface area contributed by atoms with Gasteiger partial charge in [0.15, 0.2) is 0 Å². The molecule has 1 aromatic heterocycles. The van der Waals surface area contributed by atoms with E-state index < -0.39 is 22.5 Å². The Balaban J connectivity index is 1.91. The number of nitrogens with zero attached hydrogens (tertiary/aromatic N) is 3. The number of fused-ring (bicyclic) bond motifs is 4. The molecular formula is C11H15N5O6S2. The molecule has 0 radical (unpaired) electrons. The summed E-state index contributed by atoms with van der Waals surface area (Å²) in [6.45, 7) is 0.668. The minimum atomic E-state index is -4.85. The lowest BCUT2D eigenvalue weighted by molar-refractivity contribution is -0.0308. The number of amidine groups is 1. The average molecular weight is 377 g/mol. The second kappa shape index (κ2) is 5.84. The number of nitrogens with two attached hydrogens (primary N) is 1. The minimum absolute atomic E-state index is 0.0267. The van der Waals surface area contributed by atoms with Crippen molar-refractivity contribution < 1.29 is 22.0 Å². The van der Waals surface area contributed by atoms with E-state index in [1.807, 2.05) is 0 Å². The van der Waals surface area contributed by atoms with Gasteiger partial charge < -0.3 is 15.2 Å². The Bertz CT molecular complexity index is 859. The van der Waals surface area contributed by atoms with Gasteiger partial charge in [-0.25, -0.2) is 4.79 Å². The van der Waals surface area contributed by atoms with Crippen molar-refractivity contribution >= 4 is 33.6 Å². The summed E-state index contributed by atoms with van der Waals surface area (Å²) in [4.78, 5) is 26.0. The van der Waals surface area contributed by atoms with Crippen molar-refractivity contribution in [2.45, 2.75) is 32.0 Å². The summed E-state index contributed by atoms with van der Waals surface area (Å²) >= 11 is 0.912. The summed E-state index contributed by atoms with van der Waals surface area (Å²) in [5, 5.41) is 7.79. The third-order valence-corrected chi connectivity index (χ3v) is 5.28. The van der Waals surface area contributed by atoms with E-state index in [0.717, 1.165) is 11.3 Å². The average Bonchev–Trinajstić information content (AvgIpc) is 2.89. The molecule has 4 N–H and O–H groups in total. The number of carbonyl (C=O) groups excluding carboxylic acids is 1. The van der Waals surface area contributed by atoms with Crippen molar-refractivity contribution in [1.82, 2.24) is 14.5 Å². The molecule has 1 unspecified atom stereocenters. The molecule has 2 aliphatic rings. The van der Waals surface area contributed by atoms with E-state index in [9.17, 15) is 18.0 Å². The zero-order valence-electron chi connectivity index (χ0n) is 12.3. The van der Waals surface area contributed by atoms with Crippen LogP contribution in [0, 0.1) is 5.41 Å². The van der Waals surface area contributed by atoms with E-state index in [2.05, 4.69) is 4.28 Å². The van der Waals surface area contributed by atoms with Crippen molar-refractivity contribution in [1.29, 1.82) is 5.41 Å². The van der Waals surface area contributed by atoms with E-state index in [1.165, 1.54) is 9.47 Å². The highest BCUT2D eigenvalue weighted by atomic mass is 32.3. The van der Waals surface area contributed by atoms with Gasteiger partial charge in [0, 0.05) is 13.0 Å². The molecule has 2 amide bonds. The predicted octanol–water partition coefficient (Wildman–Crippen LogP) is -0.347. The third kappa shape index (κ3) is 3.02. The molecule has 3 heterocycles. The van der Waals surface area contributed by atoms with Crippen LogP contribution in [0.25, 0.3) is 0 Å². The molecular weight excluding hydrogens is 362 g/mol. The zero-order chi connectivity index (χ0) is 17.6. The Morgan fingerprint density at radius 2 is 2.17 bits per heavy atom. The van der Waals surface area contributed by atoms with Gasteiger partial charge in [-0.15, -0.1) is 4.28 Å². The zero-order valence-corrected chi connectivity index (χ0v) is 14.0. The smallest absolute Gasteiger partial charge is 0.388 e. The molecule has 1 fully saturated rings. The van der Waals surface area contributed by atoms with Crippen LogP contribution >= 0.6 is 11.3 Å². The molecule has 11 nitrogen and oxygen atoms in total. The highest BCUT2D eigenvalue weighted by Gasteiger charge is 2.48. The number of nitrogens with one attached hydrogen (secondary N) is 1. The number of hydroxylamine groups is 2. The second-order valence-electron chi connectivity index (χ2n) is 5.47. The summed E-state index contributed by atoms with van der Waals surface area (Å²) < 4.78 is 36.6. The summed E-state index contributed by atoms with van der Waals surface area (Å²) in [6, 6.07) is -1.46. The molecule has 0 aliphatic carbocycles. The molecule has 2 bridgehead atoms. The molecule has 0 spiro atoms. The largest absolute Gasteiger partial charge is 0.418 e. The van der Waals surface area contributed by atoms with E-state index in [-0.39, 0.29) is 23.8 Å². The number of aromatic nitrogens is 1. The van der Waals surface area contributed by atoms with Crippen molar-refractivity contribution in [2.75, 3.05) is 6.54 Å². The first kappa shape index (κ1) is 16.9. The predicted molar refractivity (Wildman–Crippen MR) is 82.7 cm³/mol. The van der Waals surface area contributed by atoms with Gasteiger partial charge in [-0.1, -0.05) is 11.3 Å². The molecule has 13 heteroatoms. The normalized spacial score (nSPS) is 19.7. The Kier molecular flexibility index (Phi) is 4.11. The Morgan fingerprint density at radius 1 is 1.46 bits per heavy atom. The number of urea groups is 1. The lowest BCUT2D eigenvalue weighted by Gasteiger charge is -2.22. The van der Waals surface area contributed by atoms with Crippen LogP contribution < -0.4 is 10.6 Å². The van der Waals surface area contributed by atoms with Gasteiger partial charge in [-0.2, -0.15) is 13.5 Å². The van der Waals surface area contributed by atoms with Crippen LogP contribution in [0.15, 0.2) is 4.79 Å². The molecule has 132 valence electrons. The maximum atomic E-state index is 12.2. The van der Waals surface area contributed by atoms with E-state index in [4.69, 9.17) is 15.7 Å². The molecule has 1 atom stereocenters. The molecule has 2 aliphatic heterocycles. The summed E-state index contributed by atoms with van der Waals surface area (Å²) in [5.41, 5.74) is 5.91. The molecule has 0 saturated carbocycles. The van der Waals surface area contributed by atoms with Crippen molar-refractivity contribution in [2.24, 2.45) is 5.73 Å². The highest BCUT2D eigenvalue weighted by molar-refractivity contribution is 7.80. The van der Waals surface area contributed by atoms with Crippen LogP contribution in [-0.4, -0.2) is 45.9 Å². The van der Waals surface area contributed by atoms with Gasteiger partial charge in [0.25, 0.3) is 0 Å². The van der Waals surface area contributed by atoms with Crippen LogP contribution in [0.4, 0.5) is 4.79 Å². The van der Waals surface area contributed by atoms with Gasteiger partial charge in [-0.3, -0.25) is 14.8 Å². The summed E-state index contributed by atoms with van der Waals surface area (Å²) in [7, 11) is -4.85. The van der Waals surface area contributed by atoms with Gasteiger partial charge in [0.2, 0.25) is 0 Å². The first-order chi connectivity index (χ1) is 11.2. The first-order valence-electron chi connectivity index (χ1n) is 6.98. The fourth-order valence-electron chi connectivity index (χ4n) is 2.85. The van der Waals surface area contributed by atoms with Crippen molar-refractivity contribution in [3.63, 3.8) is 0 Å². The first-order valence-corrected chi connectivity index (χ1v) is 9.16. The maximum Gasteiger partial charge on any atom is 0.418 e. The van der Waals surface area contributed by atoms with Gasteiger partial charge in [0.05, 0.1) is 29.5 Å². The van der Waals surface area contributed by atoms with Crippen molar-refractivity contribution in [3.05, 3.63) is 20.2 Å². The summed E-state index contributed by atoms with van der Waals surface area (Å²) in [6.07, 6.45) is 0.851. The van der Waals surface area contributed by atoms with E-state index >= 15 is 0 Å². The SMILES string of the molecule is N=C(N)CCCn1c2c(sc1=O)C1CN(C2)C(=O)N1OS(=O)(=O)O. The summed E-state index contributed by atoms with van der Waals surface area (Å²) in [5.74, 6) is 0.0267. The van der Waals surface area contributed by atoms with Gasteiger partial charge in [-0.05, 0) is 6.42 Å². The Labute approximate surface area is 140 Å². The fraction of sp³-hybridized carbons (Fsp3) is 0.545. The van der Waals surface area contributed by atoms with Crippen LogP contribution in [-0.2, 0) is 27.8 Å². The van der Waals surface area contributed by atoms with Gasteiger partial charge in [0.1, 0.15) is 6.04 Å². The quantitative estimate of drug-likeness (QED) is 0.347. The standard InChI is InChI=1S/C11H15N5O6S2/c12-8(13)2-1-3-15-6-4-14-5-7(9(6)23-11(15)18)16(10(14)17)22-24(19,20)21/h7H,1-5H2,(H3,12,13)(H,19,20,21). The topological polar surface area (TPSA) is 159 Å². The van der Waals surface area contributed by atoms with E-state index in [1.54, 1.807) is 0 Å². The lowest BCUT2D eigenvalue weighted by Crippen LogP contribution is -2.33. The number of hydrogen-bond donors (Lipinski definition) is 3. The van der Waals surface area contributed by atoms with Crippen LogP contribution in [0.3, 0.4) is 0 Å². The fourth-order valence-corrected chi connectivity index (χ4v) is 4.32. The van der Waals surface area contributed by atoms with Crippen molar-refractivity contribution in [3.8, 4) is 0 Å². The number of amides is 2. The lowest BCUT2D eigenvalue weighted by atomic mass is 10.1. The number of hydrogen-bond acceptors (Lipinski definition) is 7. The van der Waals surface area contributed by atoms with Crippen LogP contribution in [0.1, 0.15) is 29.5 Å². The Hall–Kier alpha value is -1.96. The molecule has 24 heavy (non-hydrogen) atoms. The maximum absolute atomic E-state index is 12.2. The van der Waals surface area contributed by atoms with Gasteiger partial charge >= 0.3 is 21.3 Å². The molecule has 1 aromatic rings. The van der Waals surface area contributed by atoms with E-state index in [0.29, 0.717) is 35.0 Å². The molecule has 0 aromatic carbocycles. The third-order valence-electron chi connectivity index (χ3n) is 3.81.